The van der Waals surface area contributed by atoms with Crippen molar-refractivity contribution >= 4 is 23.4 Å². The number of carbonyl (C=O) groups excluding carboxylic acids is 3. The number of pyridine rings is 1. The van der Waals surface area contributed by atoms with Crippen LogP contribution in [0.15, 0.2) is 67.4 Å². The van der Waals surface area contributed by atoms with E-state index in [1.165, 1.54) is 6.08 Å². The summed E-state index contributed by atoms with van der Waals surface area (Å²) in [6.07, 6.45) is 4.55. The van der Waals surface area contributed by atoms with Crippen molar-refractivity contribution in [2.75, 3.05) is 18.4 Å². The fourth-order valence-corrected chi connectivity index (χ4v) is 3.70. The number of hydrogen-bond acceptors (Lipinski definition) is 5. The molecule has 1 atom stereocenters. The second-order valence-electron chi connectivity index (χ2n) is 7.71. The topological polar surface area (TPSA) is 120 Å². The van der Waals surface area contributed by atoms with Crippen LogP contribution in [-0.4, -0.2) is 56.9 Å². The lowest BCUT2D eigenvalue weighted by molar-refractivity contribution is -0.127. The second-order valence-corrected chi connectivity index (χ2v) is 7.71. The number of nitrogens with one attached hydrogen (secondary N) is 3. The summed E-state index contributed by atoms with van der Waals surface area (Å²) < 4.78 is 0. The molecule has 4 rings (SSSR count). The van der Waals surface area contributed by atoms with Gasteiger partial charge in [0, 0.05) is 36.6 Å². The van der Waals surface area contributed by atoms with Crippen molar-refractivity contribution in [2.45, 2.75) is 18.9 Å². The standard InChI is InChI=1S/C24H24N6O3/c1-2-22(31)30-14-4-5-18(15-30)27-23(32)16-8-10-17(11-9-16)26-24(33)21-7-3-6-19(28-21)20-12-13-25-29-20/h2-3,6-13,18H,1,4-5,14-15H2,(H,25,29)(H,26,33)(H,27,32). The van der Waals surface area contributed by atoms with E-state index < -0.39 is 0 Å². The summed E-state index contributed by atoms with van der Waals surface area (Å²) in [5, 5.41) is 12.5. The molecule has 3 aromatic rings. The number of anilines is 1. The summed E-state index contributed by atoms with van der Waals surface area (Å²) in [7, 11) is 0. The van der Waals surface area contributed by atoms with Crippen LogP contribution in [0, 0.1) is 0 Å². The van der Waals surface area contributed by atoms with E-state index in [-0.39, 0.29) is 29.5 Å². The summed E-state index contributed by atoms with van der Waals surface area (Å²) >= 11 is 0. The van der Waals surface area contributed by atoms with E-state index in [0.717, 1.165) is 18.5 Å². The fraction of sp³-hybridized carbons (Fsp3) is 0.208. The first-order valence-electron chi connectivity index (χ1n) is 10.6. The summed E-state index contributed by atoms with van der Waals surface area (Å²) in [5.74, 6) is -0.707. The summed E-state index contributed by atoms with van der Waals surface area (Å²) in [4.78, 5) is 43.1. The van der Waals surface area contributed by atoms with E-state index in [1.807, 2.05) is 0 Å². The van der Waals surface area contributed by atoms with Crippen molar-refractivity contribution in [1.29, 1.82) is 0 Å². The summed E-state index contributed by atoms with van der Waals surface area (Å²) in [5.41, 5.74) is 2.61. The average molecular weight is 444 g/mol. The lowest BCUT2D eigenvalue weighted by Gasteiger charge is -2.32. The molecule has 0 spiro atoms. The molecule has 0 aliphatic carbocycles. The van der Waals surface area contributed by atoms with Gasteiger partial charge >= 0.3 is 0 Å². The van der Waals surface area contributed by atoms with Crippen molar-refractivity contribution in [3.05, 3.63) is 78.6 Å². The maximum absolute atomic E-state index is 12.6. The van der Waals surface area contributed by atoms with Gasteiger partial charge in [-0.2, -0.15) is 5.10 Å². The molecule has 9 heteroatoms. The maximum atomic E-state index is 12.6. The van der Waals surface area contributed by atoms with E-state index in [4.69, 9.17) is 0 Å². The highest BCUT2D eigenvalue weighted by Crippen LogP contribution is 2.16. The largest absolute Gasteiger partial charge is 0.348 e. The van der Waals surface area contributed by atoms with Crippen LogP contribution in [-0.2, 0) is 4.79 Å². The molecule has 168 valence electrons. The lowest BCUT2D eigenvalue weighted by atomic mass is 10.0. The van der Waals surface area contributed by atoms with Gasteiger partial charge in [0.05, 0.1) is 11.4 Å². The molecule has 33 heavy (non-hydrogen) atoms. The number of carbonyl (C=O) groups is 3. The highest BCUT2D eigenvalue weighted by atomic mass is 16.2. The predicted octanol–water partition coefficient (Wildman–Crippen LogP) is 2.63. The van der Waals surface area contributed by atoms with Gasteiger partial charge in [-0.3, -0.25) is 19.5 Å². The van der Waals surface area contributed by atoms with Crippen LogP contribution in [0.5, 0.6) is 0 Å². The zero-order valence-electron chi connectivity index (χ0n) is 18.0. The van der Waals surface area contributed by atoms with Gasteiger partial charge in [0.15, 0.2) is 0 Å². The quantitative estimate of drug-likeness (QED) is 0.505. The molecule has 1 aromatic carbocycles. The van der Waals surface area contributed by atoms with Crippen LogP contribution in [0.2, 0.25) is 0 Å². The van der Waals surface area contributed by atoms with Crippen LogP contribution in [0.1, 0.15) is 33.7 Å². The third-order valence-corrected chi connectivity index (χ3v) is 5.41. The van der Waals surface area contributed by atoms with Gasteiger partial charge in [-0.1, -0.05) is 12.6 Å². The van der Waals surface area contributed by atoms with E-state index in [1.54, 1.807) is 59.6 Å². The second kappa shape index (κ2) is 9.90. The Morgan fingerprint density at radius 3 is 2.64 bits per heavy atom. The Labute approximate surface area is 190 Å². The monoisotopic (exact) mass is 444 g/mol. The molecule has 2 aromatic heterocycles. The van der Waals surface area contributed by atoms with Gasteiger partial charge in [0.1, 0.15) is 5.69 Å². The van der Waals surface area contributed by atoms with Crippen LogP contribution in [0.3, 0.4) is 0 Å². The molecule has 1 unspecified atom stereocenters. The van der Waals surface area contributed by atoms with E-state index in [9.17, 15) is 14.4 Å². The van der Waals surface area contributed by atoms with Gasteiger partial charge in [-0.15, -0.1) is 0 Å². The number of aromatic amines is 1. The van der Waals surface area contributed by atoms with Crippen LogP contribution in [0.4, 0.5) is 5.69 Å². The molecule has 0 saturated carbocycles. The minimum Gasteiger partial charge on any atom is -0.348 e. The Bertz CT molecular complexity index is 1160. The number of piperidine rings is 1. The minimum atomic E-state index is -0.359. The molecule has 3 N–H and O–H groups in total. The third kappa shape index (κ3) is 5.32. The van der Waals surface area contributed by atoms with Gasteiger partial charge in [0.2, 0.25) is 5.91 Å². The molecule has 1 saturated heterocycles. The lowest BCUT2D eigenvalue weighted by Crippen LogP contribution is -2.49. The highest BCUT2D eigenvalue weighted by molar-refractivity contribution is 6.03. The number of likely N-dealkylation sites (tertiary alicyclic amines) is 1. The fourth-order valence-electron chi connectivity index (χ4n) is 3.70. The van der Waals surface area contributed by atoms with Gasteiger partial charge in [0.25, 0.3) is 11.8 Å². The molecular formula is C24H24N6O3. The van der Waals surface area contributed by atoms with Crippen molar-refractivity contribution in [3.63, 3.8) is 0 Å². The number of rotatable bonds is 6. The minimum absolute atomic E-state index is 0.109. The Morgan fingerprint density at radius 1 is 1.09 bits per heavy atom. The smallest absolute Gasteiger partial charge is 0.274 e. The third-order valence-electron chi connectivity index (χ3n) is 5.41. The zero-order chi connectivity index (χ0) is 23.2. The first kappa shape index (κ1) is 21.9. The SMILES string of the molecule is C=CC(=O)N1CCCC(NC(=O)c2ccc(NC(=O)c3cccc(-c4ccn[nH]4)n3)cc2)C1. The van der Waals surface area contributed by atoms with Crippen LogP contribution in [0.25, 0.3) is 11.4 Å². The maximum Gasteiger partial charge on any atom is 0.274 e. The molecule has 0 bridgehead atoms. The molecule has 1 aliphatic rings. The van der Waals surface area contributed by atoms with E-state index in [2.05, 4.69) is 32.4 Å². The Balaban J connectivity index is 1.36. The highest BCUT2D eigenvalue weighted by Gasteiger charge is 2.23. The van der Waals surface area contributed by atoms with Gasteiger partial charge in [-0.05, 0) is 61.4 Å². The van der Waals surface area contributed by atoms with Crippen molar-refractivity contribution in [2.24, 2.45) is 0 Å². The molecule has 1 fully saturated rings. The Hall–Kier alpha value is -4.27. The first-order chi connectivity index (χ1) is 16.0. The predicted molar refractivity (Wildman–Crippen MR) is 123 cm³/mol. The molecule has 3 amide bonds. The van der Waals surface area contributed by atoms with Crippen molar-refractivity contribution in [3.8, 4) is 11.4 Å². The number of amides is 3. The average Bonchev–Trinajstić information content (AvgIpc) is 3.39. The van der Waals surface area contributed by atoms with E-state index >= 15 is 0 Å². The number of nitrogens with zero attached hydrogens (tertiary/aromatic N) is 3. The molecule has 9 nitrogen and oxygen atoms in total. The van der Waals surface area contributed by atoms with Crippen molar-refractivity contribution < 1.29 is 14.4 Å². The van der Waals surface area contributed by atoms with E-state index in [0.29, 0.717) is 30.0 Å². The zero-order valence-corrected chi connectivity index (χ0v) is 18.0. The Morgan fingerprint density at radius 2 is 1.91 bits per heavy atom. The molecule has 3 heterocycles. The number of benzene rings is 1. The summed E-state index contributed by atoms with van der Waals surface area (Å²) in [6.45, 7) is 4.66. The normalized spacial score (nSPS) is 15.5. The van der Waals surface area contributed by atoms with Crippen LogP contribution < -0.4 is 10.6 Å². The number of aromatic nitrogens is 3. The molecule has 1 aliphatic heterocycles. The number of hydrogen-bond donors (Lipinski definition) is 3. The number of H-pyrrole nitrogens is 1. The Kier molecular flexibility index (Phi) is 6.58. The van der Waals surface area contributed by atoms with Gasteiger partial charge in [-0.25, -0.2) is 4.98 Å². The van der Waals surface area contributed by atoms with Gasteiger partial charge < -0.3 is 15.5 Å². The molecule has 0 radical (unpaired) electrons. The summed E-state index contributed by atoms with van der Waals surface area (Å²) in [6, 6.07) is 13.5. The molecular weight excluding hydrogens is 420 g/mol. The van der Waals surface area contributed by atoms with Crippen LogP contribution >= 0.6 is 0 Å². The first-order valence-corrected chi connectivity index (χ1v) is 10.6. The van der Waals surface area contributed by atoms with Crippen molar-refractivity contribution in [1.82, 2.24) is 25.4 Å².